The first-order chi connectivity index (χ1) is 20.7. The third kappa shape index (κ3) is 5.79. The molecule has 0 aliphatic carbocycles. The van der Waals surface area contributed by atoms with Gasteiger partial charge in [0.25, 0.3) is 5.79 Å². The van der Waals surface area contributed by atoms with Crippen molar-refractivity contribution in [3.05, 3.63) is 100 Å². The number of para-hydroxylation sites is 1. The second kappa shape index (κ2) is 11.7. The number of fused-ring (bicyclic) bond motifs is 1. The van der Waals surface area contributed by atoms with Crippen molar-refractivity contribution >= 4 is 12.0 Å². The van der Waals surface area contributed by atoms with Gasteiger partial charge in [-0.25, -0.2) is 14.2 Å². The van der Waals surface area contributed by atoms with Crippen molar-refractivity contribution < 1.29 is 28.3 Å². The number of halogens is 1. The number of carbonyl (C=O) groups is 1. The third-order valence-corrected chi connectivity index (χ3v) is 8.37. The first-order valence-electron chi connectivity index (χ1n) is 14.6. The summed E-state index contributed by atoms with van der Waals surface area (Å²) in [4.78, 5) is 18.2. The lowest BCUT2D eigenvalue weighted by molar-refractivity contribution is -0.131. The van der Waals surface area contributed by atoms with Crippen LogP contribution in [-0.2, 0) is 30.1 Å². The lowest BCUT2D eigenvalue weighted by Crippen LogP contribution is -2.34. The molecular weight excluding hydrogens is 551 g/mol. The molecule has 1 atom stereocenters. The van der Waals surface area contributed by atoms with Gasteiger partial charge in [0.1, 0.15) is 17.9 Å². The molecule has 2 aromatic carbocycles. The second-order valence-corrected chi connectivity index (χ2v) is 11.4. The smallest absolute Gasteiger partial charge is 0.328 e. The van der Waals surface area contributed by atoms with E-state index >= 15 is 0 Å². The first kappa shape index (κ1) is 28.7. The van der Waals surface area contributed by atoms with Crippen molar-refractivity contribution in [3.63, 3.8) is 0 Å². The molecule has 0 saturated carbocycles. The van der Waals surface area contributed by atoms with Gasteiger partial charge in [0, 0.05) is 24.1 Å². The maximum Gasteiger partial charge on any atom is 0.328 e. The molecule has 4 heterocycles. The van der Waals surface area contributed by atoms with Crippen LogP contribution in [0.2, 0.25) is 0 Å². The summed E-state index contributed by atoms with van der Waals surface area (Å²) in [6, 6.07) is 11.0. The molecular formula is C33H35FN4O5. The van der Waals surface area contributed by atoms with Crippen LogP contribution in [0.1, 0.15) is 72.1 Å². The molecule has 6 rings (SSSR count). The van der Waals surface area contributed by atoms with Gasteiger partial charge >= 0.3 is 5.97 Å². The Morgan fingerprint density at radius 3 is 2.74 bits per heavy atom. The highest BCUT2D eigenvalue weighted by Crippen LogP contribution is 2.49. The van der Waals surface area contributed by atoms with Crippen LogP contribution in [0.25, 0.3) is 6.08 Å². The van der Waals surface area contributed by atoms with Crippen molar-refractivity contribution in [2.45, 2.75) is 64.8 Å². The fourth-order valence-corrected chi connectivity index (χ4v) is 6.07. The normalized spacial score (nSPS) is 19.0. The Kier molecular flexibility index (Phi) is 7.79. The Morgan fingerprint density at radius 1 is 1.19 bits per heavy atom. The Labute approximate surface area is 249 Å². The number of likely N-dealkylation sites (tertiary alicyclic amines) is 1. The number of ether oxygens (including phenoxy) is 2. The SMILES string of the molecule is CCc1nocc1Cn1c(/C=C/C(=O)O)cnc1CN1CCC(c2cccc3c2OC(C)(c2ccc(C)cc2F)O3)CC1. The molecule has 1 fully saturated rings. The van der Waals surface area contributed by atoms with E-state index in [2.05, 4.69) is 21.1 Å². The summed E-state index contributed by atoms with van der Waals surface area (Å²) < 4.78 is 34.7. The highest BCUT2D eigenvalue weighted by Gasteiger charge is 2.42. The van der Waals surface area contributed by atoms with Crippen molar-refractivity contribution in [3.8, 4) is 11.5 Å². The van der Waals surface area contributed by atoms with Gasteiger partial charge < -0.3 is 23.7 Å². The molecule has 1 N–H and O–H groups in total. The summed E-state index contributed by atoms with van der Waals surface area (Å²) in [5.41, 5.74) is 4.82. The molecule has 0 radical (unpaired) electrons. The summed E-state index contributed by atoms with van der Waals surface area (Å²) in [5, 5.41) is 13.3. The predicted molar refractivity (Wildman–Crippen MR) is 157 cm³/mol. The Balaban J connectivity index is 1.17. The van der Waals surface area contributed by atoms with E-state index in [0.717, 1.165) is 66.6 Å². The molecule has 2 aliphatic rings. The topological polar surface area (TPSA) is 103 Å². The Morgan fingerprint density at radius 2 is 2.00 bits per heavy atom. The standard InChI is InChI=1S/C33H35FN4O5/c1-4-28-23(20-41-36-28)18-38-24(9-11-31(39)40)17-35-30(38)19-37-14-12-22(13-15-37)25-6-5-7-29-32(25)43-33(3,42-29)26-10-8-21(2)16-27(26)34/h5-11,16-17,20,22H,4,12-15,18-19H2,1-3H3,(H,39,40)/b11-9+. The molecule has 0 amide bonds. The Hall–Kier alpha value is -4.44. The molecule has 0 spiro atoms. The molecule has 43 heavy (non-hydrogen) atoms. The van der Waals surface area contributed by atoms with Gasteiger partial charge in [-0.3, -0.25) is 4.90 Å². The number of benzene rings is 2. The number of aliphatic carboxylic acids is 1. The molecule has 4 aromatic rings. The number of hydrogen-bond acceptors (Lipinski definition) is 7. The van der Waals surface area contributed by atoms with Gasteiger partial charge in [0.05, 0.1) is 36.2 Å². The van der Waals surface area contributed by atoms with Crippen LogP contribution < -0.4 is 9.47 Å². The highest BCUT2D eigenvalue weighted by atomic mass is 19.1. The molecule has 1 unspecified atom stereocenters. The number of piperidine rings is 1. The number of rotatable bonds is 9. The Bertz CT molecular complexity index is 1670. The largest absolute Gasteiger partial charge is 0.478 e. The first-order valence-corrected chi connectivity index (χ1v) is 14.6. The van der Waals surface area contributed by atoms with E-state index in [1.54, 1.807) is 31.5 Å². The van der Waals surface area contributed by atoms with Gasteiger partial charge in [-0.2, -0.15) is 0 Å². The predicted octanol–water partition coefficient (Wildman–Crippen LogP) is 6.05. The lowest BCUT2D eigenvalue weighted by atomic mass is 9.88. The van der Waals surface area contributed by atoms with E-state index in [4.69, 9.17) is 14.0 Å². The maximum atomic E-state index is 14.9. The molecule has 1 saturated heterocycles. The minimum atomic E-state index is -1.23. The van der Waals surface area contributed by atoms with Gasteiger partial charge in [-0.05, 0) is 75.0 Å². The molecule has 9 nitrogen and oxygen atoms in total. The van der Waals surface area contributed by atoms with E-state index in [-0.39, 0.29) is 11.7 Å². The van der Waals surface area contributed by atoms with E-state index in [1.807, 2.05) is 36.6 Å². The van der Waals surface area contributed by atoms with Crippen LogP contribution in [0.5, 0.6) is 11.5 Å². The molecule has 2 aromatic heterocycles. The number of aryl methyl sites for hydroxylation is 2. The van der Waals surface area contributed by atoms with Crippen LogP contribution >= 0.6 is 0 Å². The molecule has 224 valence electrons. The summed E-state index contributed by atoms with van der Waals surface area (Å²) in [6.07, 6.45) is 8.60. The average Bonchev–Trinajstić information content (AvgIpc) is 3.69. The number of nitrogens with zero attached hydrogens (tertiary/aromatic N) is 4. The summed E-state index contributed by atoms with van der Waals surface area (Å²) in [7, 11) is 0. The number of aromatic nitrogens is 3. The zero-order valence-electron chi connectivity index (χ0n) is 24.5. The third-order valence-electron chi connectivity index (χ3n) is 8.37. The van der Waals surface area contributed by atoms with E-state index in [1.165, 1.54) is 6.07 Å². The quantitative estimate of drug-likeness (QED) is 0.237. The lowest BCUT2D eigenvalue weighted by Gasteiger charge is -2.32. The number of carboxylic acids is 1. The molecule has 10 heteroatoms. The van der Waals surface area contributed by atoms with Crippen molar-refractivity contribution in [2.24, 2.45) is 0 Å². The molecule has 0 bridgehead atoms. The number of imidazole rings is 1. The van der Waals surface area contributed by atoms with Crippen molar-refractivity contribution in [1.29, 1.82) is 0 Å². The van der Waals surface area contributed by atoms with Crippen molar-refractivity contribution in [1.82, 2.24) is 19.6 Å². The average molecular weight is 587 g/mol. The molecule has 2 aliphatic heterocycles. The van der Waals surface area contributed by atoms with Crippen molar-refractivity contribution in [2.75, 3.05) is 13.1 Å². The van der Waals surface area contributed by atoms with E-state index in [0.29, 0.717) is 35.8 Å². The summed E-state index contributed by atoms with van der Waals surface area (Å²) in [5.74, 6) is -0.163. The monoisotopic (exact) mass is 586 g/mol. The number of carboxylic acid groups (broad SMARTS) is 1. The van der Waals surface area contributed by atoms with Gasteiger partial charge in [0.15, 0.2) is 11.5 Å². The zero-order valence-corrected chi connectivity index (χ0v) is 24.5. The van der Waals surface area contributed by atoms with Crippen LogP contribution in [0.15, 0.2) is 59.5 Å². The highest BCUT2D eigenvalue weighted by molar-refractivity contribution is 5.84. The zero-order chi connectivity index (χ0) is 30.1. The fraction of sp³-hybridized carbons (Fsp3) is 0.364. The summed E-state index contributed by atoms with van der Waals surface area (Å²) >= 11 is 0. The van der Waals surface area contributed by atoms with E-state index in [9.17, 15) is 14.3 Å². The van der Waals surface area contributed by atoms with Gasteiger partial charge in [-0.1, -0.05) is 30.3 Å². The second-order valence-electron chi connectivity index (χ2n) is 11.4. The van der Waals surface area contributed by atoms with Crippen LogP contribution in [-0.4, -0.2) is 43.8 Å². The van der Waals surface area contributed by atoms with Crippen LogP contribution in [0.3, 0.4) is 0 Å². The van der Waals surface area contributed by atoms with Crippen LogP contribution in [0.4, 0.5) is 4.39 Å². The fourth-order valence-electron chi connectivity index (χ4n) is 6.07. The minimum Gasteiger partial charge on any atom is -0.478 e. The maximum absolute atomic E-state index is 14.9. The summed E-state index contributed by atoms with van der Waals surface area (Å²) in [6.45, 7) is 8.44. The van der Waals surface area contributed by atoms with Crippen LogP contribution in [0, 0.1) is 12.7 Å². The van der Waals surface area contributed by atoms with Gasteiger partial charge in [0.2, 0.25) is 0 Å². The van der Waals surface area contributed by atoms with Gasteiger partial charge in [-0.15, -0.1) is 0 Å². The van der Waals surface area contributed by atoms with E-state index < -0.39 is 11.8 Å². The number of hydrogen-bond donors (Lipinski definition) is 1. The minimum absolute atomic E-state index is 0.262.